The molecule has 2 N–H and O–H groups in total. The summed E-state index contributed by atoms with van der Waals surface area (Å²) in [4.78, 5) is 22.4. The second kappa shape index (κ2) is 13.3. The van der Waals surface area contributed by atoms with Crippen molar-refractivity contribution in [1.82, 2.24) is 5.32 Å². The van der Waals surface area contributed by atoms with E-state index in [9.17, 15) is 9.59 Å². The predicted molar refractivity (Wildman–Crippen MR) is 124 cm³/mol. The van der Waals surface area contributed by atoms with E-state index in [1.807, 2.05) is 0 Å². The number of nitrogens with one attached hydrogen (secondary N) is 1. The Balaban J connectivity index is 0.000000323. The summed E-state index contributed by atoms with van der Waals surface area (Å²) in [6.07, 6.45) is 16.2. The van der Waals surface area contributed by atoms with Crippen LogP contribution in [-0.2, 0) is 14.3 Å². The summed E-state index contributed by atoms with van der Waals surface area (Å²) >= 11 is 0. The molecule has 2 fully saturated rings. The van der Waals surface area contributed by atoms with Gasteiger partial charge in [-0.1, -0.05) is 64.2 Å². The van der Waals surface area contributed by atoms with Crippen LogP contribution in [0.4, 0.5) is 4.79 Å². The van der Waals surface area contributed by atoms with Crippen LogP contribution < -0.4 is 5.32 Å². The topological polar surface area (TPSA) is 84.9 Å². The van der Waals surface area contributed by atoms with E-state index in [4.69, 9.17) is 14.6 Å². The molecule has 0 radical (unpaired) electrons. The summed E-state index contributed by atoms with van der Waals surface area (Å²) in [5, 5.41) is 11.2. The van der Waals surface area contributed by atoms with Crippen molar-refractivity contribution in [3.63, 3.8) is 0 Å². The van der Waals surface area contributed by atoms with Crippen molar-refractivity contribution in [2.75, 3.05) is 6.61 Å². The molecule has 0 spiro atoms. The van der Waals surface area contributed by atoms with Crippen molar-refractivity contribution in [2.45, 2.75) is 129 Å². The van der Waals surface area contributed by atoms with E-state index in [2.05, 4.69) is 5.32 Å². The minimum absolute atomic E-state index is 0.113. The van der Waals surface area contributed by atoms with Crippen LogP contribution in [0.3, 0.4) is 0 Å². The van der Waals surface area contributed by atoms with E-state index in [1.165, 1.54) is 38.5 Å². The second-order valence-corrected chi connectivity index (χ2v) is 11.2. The number of rotatable bonds is 6. The highest BCUT2D eigenvalue weighted by Gasteiger charge is 2.26. The summed E-state index contributed by atoms with van der Waals surface area (Å²) in [5.74, 6) is 1.08. The Morgan fingerprint density at radius 1 is 0.839 bits per heavy atom. The Labute approximate surface area is 189 Å². The first-order valence-corrected chi connectivity index (χ1v) is 12.2. The first kappa shape index (κ1) is 27.7. The number of carbonyl (C=O) groups is 2. The van der Waals surface area contributed by atoms with Crippen molar-refractivity contribution in [3.8, 4) is 0 Å². The molecule has 6 nitrogen and oxygen atoms in total. The molecule has 0 unspecified atom stereocenters. The van der Waals surface area contributed by atoms with Gasteiger partial charge in [0.15, 0.2) is 6.04 Å². The Hall–Kier alpha value is -1.30. The highest BCUT2D eigenvalue weighted by atomic mass is 16.6. The van der Waals surface area contributed by atoms with E-state index >= 15 is 0 Å². The van der Waals surface area contributed by atoms with Gasteiger partial charge in [0.25, 0.3) is 0 Å². The highest BCUT2D eigenvalue weighted by Crippen LogP contribution is 2.34. The lowest BCUT2D eigenvalue weighted by Gasteiger charge is -2.28. The number of hydrogen-bond donors (Lipinski definition) is 2. The molecule has 2 aliphatic rings. The van der Waals surface area contributed by atoms with Gasteiger partial charge in [-0.15, -0.1) is 0 Å². The maximum absolute atomic E-state index is 11.4. The summed E-state index contributed by atoms with van der Waals surface area (Å²) in [6, 6.07) is -1.13. The molecular weight excluding hydrogens is 394 g/mol. The lowest BCUT2D eigenvalue weighted by molar-refractivity contribution is -0.142. The Morgan fingerprint density at radius 2 is 1.29 bits per heavy atom. The average Bonchev–Trinajstić information content (AvgIpc) is 2.65. The van der Waals surface area contributed by atoms with Crippen molar-refractivity contribution < 1.29 is 24.2 Å². The number of aliphatic carboxylic acids is 1. The maximum Gasteiger partial charge on any atom is 0.408 e. The van der Waals surface area contributed by atoms with Gasteiger partial charge in [-0.25, -0.2) is 9.59 Å². The SMILES string of the molecule is C1CCC(CC2CCCCC2)CC1.CC(C)(C)OC[C@H](NC(=O)OC(C)(C)C)C(=O)O. The van der Waals surface area contributed by atoms with Crippen molar-refractivity contribution in [1.29, 1.82) is 0 Å². The fourth-order valence-corrected chi connectivity index (χ4v) is 4.27. The minimum Gasteiger partial charge on any atom is -0.480 e. The fourth-order valence-electron chi connectivity index (χ4n) is 4.27. The molecule has 1 atom stereocenters. The molecule has 31 heavy (non-hydrogen) atoms. The molecule has 0 aliphatic heterocycles. The summed E-state index contributed by atoms with van der Waals surface area (Å²) in [5.41, 5.74) is -1.14. The number of hydrogen-bond acceptors (Lipinski definition) is 4. The second-order valence-electron chi connectivity index (χ2n) is 11.2. The maximum atomic E-state index is 11.4. The number of carboxylic acids is 1. The third-order valence-corrected chi connectivity index (χ3v) is 5.79. The zero-order valence-electron chi connectivity index (χ0n) is 20.8. The normalized spacial score (nSPS) is 19.7. The van der Waals surface area contributed by atoms with Gasteiger partial charge in [-0.3, -0.25) is 0 Å². The van der Waals surface area contributed by atoms with Crippen molar-refractivity contribution in [2.24, 2.45) is 11.8 Å². The summed E-state index contributed by atoms with van der Waals surface area (Å²) in [6.45, 7) is 10.4. The lowest BCUT2D eigenvalue weighted by Crippen LogP contribution is -2.47. The average molecular weight is 442 g/mol. The number of alkyl carbamates (subject to hydrolysis) is 1. The first-order chi connectivity index (χ1) is 14.4. The Kier molecular flexibility index (Phi) is 11.9. The molecule has 0 saturated heterocycles. The molecule has 1 amide bonds. The van der Waals surface area contributed by atoms with Gasteiger partial charge in [-0.05, 0) is 59.8 Å². The van der Waals surface area contributed by atoms with Crippen LogP contribution >= 0.6 is 0 Å². The van der Waals surface area contributed by atoms with Crippen LogP contribution in [0.15, 0.2) is 0 Å². The zero-order chi connectivity index (χ0) is 23.5. The van der Waals surface area contributed by atoms with Crippen LogP contribution in [0.25, 0.3) is 0 Å². The monoisotopic (exact) mass is 441 g/mol. The summed E-state index contributed by atoms with van der Waals surface area (Å²) < 4.78 is 10.3. The number of carboxylic acid groups (broad SMARTS) is 1. The molecule has 0 aromatic heterocycles. The molecule has 2 aliphatic carbocycles. The molecule has 2 saturated carbocycles. The zero-order valence-corrected chi connectivity index (χ0v) is 20.8. The third-order valence-electron chi connectivity index (χ3n) is 5.79. The molecule has 0 bridgehead atoms. The van der Waals surface area contributed by atoms with Gasteiger partial charge in [-0.2, -0.15) is 0 Å². The van der Waals surface area contributed by atoms with E-state index < -0.39 is 29.3 Å². The van der Waals surface area contributed by atoms with E-state index in [0.717, 1.165) is 11.8 Å². The molecule has 6 heteroatoms. The van der Waals surface area contributed by atoms with Crippen LogP contribution in [0, 0.1) is 11.8 Å². The van der Waals surface area contributed by atoms with Gasteiger partial charge in [0.2, 0.25) is 0 Å². The summed E-state index contributed by atoms with van der Waals surface area (Å²) in [7, 11) is 0. The minimum atomic E-state index is -1.16. The number of carbonyl (C=O) groups excluding carboxylic acids is 1. The number of amides is 1. The van der Waals surface area contributed by atoms with Gasteiger partial charge >= 0.3 is 12.1 Å². The van der Waals surface area contributed by atoms with E-state index in [0.29, 0.717) is 0 Å². The largest absolute Gasteiger partial charge is 0.480 e. The van der Waals surface area contributed by atoms with Gasteiger partial charge in [0.1, 0.15) is 5.60 Å². The van der Waals surface area contributed by atoms with Crippen LogP contribution in [0.5, 0.6) is 0 Å². The molecule has 0 aromatic carbocycles. The number of ether oxygens (including phenoxy) is 2. The van der Waals surface area contributed by atoms with Crippen LogP contribution in [-0.4, -0.2) is 41.0 Å². The van der Waals surface area contributed by atoms with E-state index in [1.54, 1.807) is 73.6 Å². The standard InChI is InChI=1S/C13H24.C12H23NO5/c1-3-7-12(8-4-1)11-13-9-5-2-6-10-13;1-11(2,3)17-7-8(9(14)15)13-10(16)18-12(4,5)6/h12-13H,1-11H2;8H,7H2,1-6H3,(H,13,16)(H,14,15)/t;8-/m.0/s1. The van der Waals surface area contributed by atoms with Gasteiger partial charge in [0, 0.05) is 0 Å². The fraction of sp³-hybridized carbons (Fsp3) is 0.920. The van der Waals surface area contributed by atoms with Gasteiger partial charge < -0.3 is 19.9 Å². The van der Waals surface area contributed by atoms with E-state index in [-0.39, 0.29) is 6.61 Å². The van der Waals surface area contributed by atoms with Crippen molar-refractivity contribution >= 4 is 12.1 Å². The molecule has 0 heterocycles. The molecule has 2 rings (SSSR count). The van der Waals surface area contributed by atoms with Crippen LogP contribution in [0.2, 0.25) is 0 Å². The third kappa shape index (κ3) is 14.4. The molecular formula is C25H47NO5. The van der Waals surface area contributed by atoms with Gasteiger partial charge in [0.05, 0.1) is 12.2 Å². The predicted octanol–water partition coefficient (Wildman–Crippen LogP) is 6.32. The lowest BCUT2D eigenvalue weighted by atomic mass is 9.78. The first-order valence-electron chi connectivity index (χ1n) is 12.2. The molecule has 0 aromatic rings. The van der Waals surface area contributed by atoms with Crippen molar-refractivity contribution in [3.05, 3.63) is 0 Å². The Morgan fingerprint density at radius 3 is 1.65 bits per heavy atom. The molecule has 182 valence electrons. The Bertz CT molecular complexity index is 507. The van der Waals surface area contributed by atoms with Crippen LogP contribution in [0.1, 0.15) is 112 Å². The smallest absolute Gasteiger partial charge is 0.408 e. The quantitative estimate of drug-likeness (QED) is 0.504. The highest BCUT2D eigenvalue weighted by molar-refractivity contribution is 5.80.